The minimum Gasteiger partial charge on any atom is -0.269 e. The molecule has 0 amide bonds. The van der Waals surface area contributed by atoms with Crippen molar-refractivity contribution in [2.75, 3.05) is 0 Å². The van der Waals surface area contributed by atoms with Crippen LogP contribution < -0.4 is 0 Å². The third kappa shape index (κ3) is 2.71. The second-order valence-electron chi connectivity index (χ2n) is 4.53. The van der Waals surface area contributed by atoms with Crippen LogP contribution in [0.4, 0.5) is 13.2 Å². The Hall–Kier alpha value is -2.08. The lowest BCUT2D eigenvalue weighted by molar-refractivity contribution is -0.137. The van der Waals surface area contributed by atoms with E-state index in [0.29, 0.717) is 22.2 Å². The van der Waals surface area contributed by atoms with Crippen molar-refractivity contribution in [3.05, 3.63) is 64.6 Å². The van der Waals surface area contributed by atoms with Crippen molar-refractivity contribution in [1.82, 2.24) is 14.6 Å². The van der Waals surface area contributed by atoms with Crippen molar-refractivity contribution in [3.8, 4) is 0 Å². The fourth-order valence-corrected chi connectivity index (χ4v) is 2.37. The van der Waals surface area contributed by atoms with Gasteiger partial charge >= 0.3 is 6.18 Å². The predicted octanol–water partition coefficient (Wildman–Crippen LogP) is 3.99. The number of hydrogen-bond donors (Lipinski definition) is 0. The van der Waals surface area contributed by atoms with Crippen LogP contribution in [0.3, 0.4) is 0 Å². The van der Waals surface area contributed by atoms with Gasteiger partial charge in [0.1, 0.15) is 11.0 Å². The summed E-state index contributed by atoms with van der Waals surface area (Å²) in [5.41, 5.74) is 0.378. The third-order valence-corrected chi connectivity index (χ3v) is 3.36. The van der Waals surface area contributed by atoms with Crippen LogP contribution in [0.2, 0.25) is 5.15 Å². The molecule has 0 fully saturated rings. The van der Waals surface area contributed by atoms with Crippen molar-refractivity contribution in [2.45, 2.75) is 12.6 Å². The van der Waals surface area contributed by atoms with Gasteiger partial charge in [0.2, 0.25) is 0 Å². The van der Waals surface area contributed by atoms with Crippen molar-refractivity contribution in [3.63, 3.8) is 0 Å². The summed E-state index contributed by atoms with van der Waals surface area (Å²) in [5.74, 6) is 0.495. The van der Waals surface area contributed by atoms with E-state index in [1.54, 1.807) is 28.7 Å². The van der Waals surface area contributed by atoms with Crippen LogP contribution in [-0.4, -0.2) is 14.6 Å². The summed E-state index contributed by atoms with van der Waals surface area (Å²) in [7, 11) is 0. The largest absolute Gasteiger partial charge is 0.416 e. The third-order valence-electron chi connectivity index (χ3n) is 3.06. The van der Waals surface area contributed by atoms with Gasteiger partial charge < -0.3 is 0 Å². The lowest BCUT2D eigenvalue weighted by Gasteiger charge is -2.08. The summed E-state index contributed by atoms with van der Waals surface area (Å²) in [4.78, 5) is 0. The van der Waals surface area contributed by atoms with Crippen LogP contribution >= 0.6 is 11.6 Å². The average molecular weight is 312 g/mol. The van der Waals surface area contributed by atoms with E-state index in [1.807, 2.05) is 0 Å². The number of halogens is 4. The van der Waals surface area contributed by atoms with Gasteiger partial charge in [-0.1, -0.05) is 35.9 Å². The summed E-state index contributed by atoms with van der Waals surface area (Å²) >= 11 is 6.08. The molecule has 1 aromatic carbocycles. The van der Waals surface area contributed by atoms with E-state index in [-0.39, 0.29) is 6.42 Å². The molecule has 0 spiro atoms. The van der Waals surface area contributed by atoms with Gasteiger partial charge in [0.05, 0.1) is 5.56 Å². The molecule has 3 aromatic rings. The van der Waals surface area contributed by atoms with Gasteiger partial charge in [-0.25, -0.2) is 0 Å². The zero-order valence-corrected chi connectivity index (χ0v) is 11.4. The van der Waals surface area contributed by atoms with Crippen LogP contribution in [0.15, 0.2) is 42.5 Å². The van der Waals surface area contributed by atoms with Gasteiger partial charge in [-0.15, -0.1) is 10.2 Å². The molecular formula is C14H9ClF3N3. The lowest BCUT2D eigenvalue weighted by atomic mass is 10.1. The maximum absolute atomic E-state index is 12.7. The molecule has 0 aliphatic heterocycles. The van der Waals surface area contributed by atoms with E-state index < -0.39 is 11.7 Å². The number of hydrogen-bond acceptors (Lipinski definition) is 2. The van der Waals surface area contributed by atoms with Gasteiger partial charge in [-0.2, -0.15) is 13.2 Å². The Morgan fingerprint density at radius 3 is 2.57 bits per heavy atom. The highest BCUT2D eigenvalue weighted by Crippen LogP contribution is 2.30. The minimum absolute atomic E-state index is 0.217. The van der Waals surface area contributed by atoms with E-state index in [2.05, 4.69) is 10.2 Å². The summed E-state index contributed by atoms with van der Waals surface area (Å²) in [6, 6.07) is 10.3. The number of alkyl halides is 3. The fraction of sp³-hybridized carbons (Fsp3) is 0.143. The molecule has 21 heavy (non-hydrogen) atoms. The monoisotopic (exact) mass is 311 g/mol. The molecule has 0 radical (unpaired) electrons. The van der Waals surface area contributed by atoms with E-state index in [0.717, 1.165) is 12.1 Å². The second-order valence-corrected chi connectivity index (χ2v) is 4.92. The molecular weight excluding hydrogens is 303 g/mol. The number of nitrogens with zero attached hydrogens (tertiary/aromatic N) is 3. The van der Waals surface area contributed by atoms with Gasteiger partial charge in [0.25, 0.3) is 0 Å². The molecule has 0 N–H and O–H groups in total. The van der Waals surface area contributed by atoms with Gasteiger partial charge in [0, 0.05) is 6.42 Å². The number of fused-ring (bicyclic) bond motifs is 1. The molecule has 108 valence electrons. The van der Waals surface area contributed by atoms with Crippen LogP contribution in [0.1, 0.15) is 17.0 Å². The Balaban J connectivity index is 2.00. The topological polar surface area (TPSA) is 30.2 Å². The molecule has 3 rings (SSSR count). The standard InChI is InChI=1S/C14H9ClF3N3/c15-11-5-2-6-12-19-20-13(21(11)12)8-9-3-1-4-10(7-9)14(16,17)18/h1-7H,8H2. The molecule has 0 saturated heterocycles. The Morgan fingerprint density at radius 1 is 1.05 bits per heavy atom. The average Bonchev–Trinajstić information content (AvgIpc) is 2.83. The van der Waals surface area contributed by atoms with Crippen LogP contribution in [-0.2, 0) is 12.6 Å². The summed E-state index contributed by atoms with van der Waals surface area (Å²) in [6.07, 6.45) is -4.14. The normalized spacial score (nSPS) is 12.0. The molecule has 0 atom stereocenters. The van der Waals surface area contributed by atoms with Gasteiger partial charge in [0.15, 0.2) is 5.65 Å². The molecule has 2 aromatic heterocycles. The maximum atomic E-state index is 12.7. The Kier molecular flexibility index (Phi) is 3.33. The number of rotatable bonds is 2. The first-order chi connectivity index (χ1) is 9.95. The molecule has 3 nitrogen and oxygen atoms in total. The van der Waals surface area contributed by atoms with Crippen LogP contribution in [0.25, 0.3) is 5.65 Å². The van der Waals surface area contributed by atoms with Crippen LogP contribution in [0.5, 0.6) is 0 Å². The molecule has 0 bridgehead atoms. The lowest BCUT2D eigenvalue weighted by Crippen LogP contribution is -2.06. The molecule has 7 heteroatoms. The predicted molar refractivity (Wildman–Crippen MR) is 72.2 cm³/mol. The van der Waals surface area contributed by atoms with Crippen molar-refractivity contribution < 1.29 is 13.2 Å². The van der Waals surface area contributed by atoms with Gasteiger partial charge in [-0.3, -0.25) is 4.40 Å². The summed E-state index contributed by atoms with van der Waals surface area (Å²) in [5, 5.41) is 8.36. The first-order valence-corrected chi connectivity index (χ1v) is 6.47. The highest BCUT2D eigenvalue weighted by atomic mass is 35.5. The number of aromatic nitrogens is 3. The molecule has 0 unspecified atom stereocenters. The number of benzene rings is 1. The first kappa shape index (κ1) is 13.9. The summed E-state index contributed by atoms with van der Waals surface area (Å²) in [6.45, 7) is 0. The molecule has 0 saturated carbocycles. The second kappa shape index (κ2) is 5.04. The van der Waals surface area contributed by atoms with E-state index in [9.17, 15) is 13.2 Å². The van der Waals surface area contributed by atoms with Crippen molar-refractivity contribution in [1.29, 1.82) is 0 Å². The highest BCUT2D eigenvalue weighted by molar-refractivity contribution is 6.29. The van der Waals surface area contributed by atoms with E-state index >= 15 is 0 Å². The molecule has 0 aliphatic carbocycles. The highest BCUT2D eigenvalue weighted by Gasteiger charge is 2.30. The zero-order valence-electron chi connectivity index (χ0n) is 10.6. The quantitative estimate of drug-likeness (QED) is 0.670. The Morgan fingerprint density at radius 2 is 1.81 bits per heavy atom. The zero-order chi connectivity index (χ0) is 15.0. The number of pyridine rings is 1. The summed E-state index contributed by atoms with van der Waals surface area (Å²) < 4.78 is 39.7. The SMILES string of the molecule is FC(F)(F)c1cccc(Cc2nnc3cccc(Cl)n23)c1. The fourth-order valence-electron chi connectivity index (χ4n) is 2.11. The van der Waals surface area contributed by atoms with E-state index in [4.69, 9.17) is 11.6 Å². The minimum atomic E-state index is -4.36. The van der Waals surface area contributed by atoms with Crippen LogP contribution in [0, 0.1) is 0 Å². The van der Waals surface area contributed by atoms with E-state index in [1.165, 1.54) is 6.07 Å². The Labute approximate surface area is 123 Å². The van der Waals surface area contributed by atoms with Gasteiger partial charge in [-0.05, 0) is 23.8 Å². The molecule has 0 aliphatic rings. The maximum Gasteiger partial charge on any atom is 0.416 e. The Bertz CT molecular complexity index is 796. The van der Waals surface area contributed by atoms with Crippen molar-refractivity contribution >= 4 is 17.2 Å². The van der Waals surface area contributed by atoms with Crippen molar-refractivity contribution in [2.24, 2.45) is 0 Å². The smallest absolute Gasteiger partial charge is 0.269 e. The molecule has 2 heterocycles. The first-order valence-electron chi connectivity index (χ1n) is 6.10.